The highest BCUT2D eigenvalue weighted by Gasteiger charge is 2.35. The molecule has 1 unspecified atom stereocenters. The van der Waals surface area contributed by atoms with Crippen molar-refractivity contribution in [3.05, 3.63) is 47.3 Å². The number of fused-ring (bicyclic) bond motifs is 3. The van der Waals surface area contributed by atoms with Gasteiger partial charge in [-0.2, -0.15) is 5.10 Å². The SMILES string of the molecule is CCc1cc(NC(=O)C(=O)N2C[C@@H](C)CCC2c2ccc3nn4c(c3c2)C(=O)N(C)CC4)cnc1N. The number of rotatable bonds is 3. The van der Waals surface area contributed by atoms with Gasteiger partial charge in [-0.05, 0) is 54.5 Å². The Kier molecular flexibility index (Phi) is 6.11. The number of aromatic nitrogens is 3. The van der Waals surface area contributed by atoms with Gasteiger partial charge in [0.2, 0.25) is 0 Å². The molecule has 0 saturated carbocycles. The average Bonchev–Trinajstić information content (AvgIpc) is 3.25. The van der Waals surface area contributed by atoms with Crippen LogP contribution in [-0.4, -0.2) is 62.4 Å². The van der Waals surface area contributed by atoms with Crippen LogP contribution in [0.25, 0.3) is 10.9 Å². The number of carbonyl (C=O) groups excluding carboxylic acids is 3. The largest absolute Gasteiger partial charge is 0.383 e. The molecule has 1 aromatic carbocycles. The van der Waals surface area contributed by atoms with Crippen molar-refractivity contribution in [2.24, 2.45) is 5.92 Å². The molecule has 1 saturated heterocycles. The first-order valence-corrected chi connectivity index (χ1v) is 12.4. The van der Waals surface area contributed by atoms with E-state index in [0.717, 1.165) is 34.9 Å². The van der Waals surface area contributed by atoms with Crippen molar-refractivity contribution < 1.29 is 14.4 Å². The lowest BCUT2D eigenvalue weighted by atomic mass is 9.89. The molecule has 2 aliphatic rings. The van der Waals surface area contributed by atoms with E-state index in [1.54, 1.807) is 27.6 Å². The van der Waals surface area contributed by atoms with Crippen LogP contribution in [-0.2, 0) is 22.6 Å². The van der Waals surface area contributed by atoms with Crippen molar-refractivity contribution in [2.75, 3.05) is 31.2 Å². The Balaban J connectivity index is 1.44. The monoisotopic (exact) mass is 489 g/mol. The molecule has 188 valence electrons. The van der Waals surface area contributed by atoms with Crippen LogP contribution in [0.4, 0.5) is 11.5 Å². The summed E-state index contributed by atoms with van der Waals surface area (Å²) in [4.78, 5) is 46.7. The third-order valence-corrected chi connectivity index (χ3v) is 7.26. The van der Waals surface area contributed by atoms with Gasteiger partial charge in [-0.15, -0.1) is 0 Å². The fourth-order valence-corrected chi connectivity index (χ4v) is 5.18. The zero-order valence-corrected chi connectivity index (χ0v) is 20.8. The van der Waals surface area contributed by atoms with Crippen molar-refractivity contribution in [1.29, 1.82) is 0 Å². The van der Waals surface area contributed by atoms with Crippen LogP contribution in [0, 0.1) is 5.92 Å². The van der Waals surface area contributed by atoms with Gasteiger partial charge < -0.3 is 20.9 Å². The number of nitrogens with two attached hydrogens (primary N) is 1. The summed E-state index contributed by atoms with van der Waals surface area (Å²) in [6.07, 6.45) is 3.79. The third kappa shape index (κ3) is 4.16. The van der Waals surface area contributed by atoms with Crippen LogP contribution in [0.15, 0.2) is 30.5 Å². The minimum absolute atomic E-state index is 0.0611. The molecule has 10 nitrogen and oxygen atoms in total. The van der Waals surface area contributed by atoms with Gasteiger partial charge in [-0.3, -0.25) is 19.1 Å². The van der Waals surface area contributed by atoms with Gasteiger partial charge in [0.05, 0.1) is 30.0 Å². The first kappa shape index (κ1) is 23.8. The van der Waals surface area contributed by atoms with Gasteiger partial charge in [0, 0.05) is 25.5 Å². The highest BCUT2D eigenvalue weighted by molar-refractivity contribution is 6.39. The Morgan fingerprint density at radius 3 is 2.78 bits per heavy atom. The van der Waals surface area contributed by atoms with Crippen LogP contribution < -0.4 is 11.1 Å². The third-order valence-electron chi connectivity index (χ3n) is 7.26. The number of benzene rings is 1. The van der Waals surface area contributed by atoms with E-state index in [4.69, 9.17) is 5.73 Å². The molecule has 3 N–H and O–H groups in total. The minimum Gasteiger partial charge on any atom is -0.383 e. The van der Waals surface area contributed by atoms with E-state index in [0.29, 0.717) is 43.3 Å². The maximum absolute atomic E-state index is 13.4. The predicted molar refractivity (Wildman–Crippen MR) is 136 cm³/mol. The molecule has 0 aliphatic carbocycles. The quantitative estimate of drug-likeness (QED) is 0.545. The van der Waals surface area contributed by atoms with Crippen molar-refractivity contribution >= 4 is 40.1 Å². The Hall–Kier alpha value is -3.95. The minimum atomic E-state index is -0.705. The molecule has 36 heavy (non-hydrogen) atoms. The molecular weight excluding hydrogens is 458 g/mol. The van der Waals surface area contributed by atoms with E-state index < -0.39 is 11.8 Å². The molecule has 0 spiro atoms. The van der Waals surface area contributed by atoms with E-state index in [2.05, 4.69) is 22.3 Å². The second-order valence-corrected chi connectivity index (χ2v) is 9.81. The maximum Gasteiger partial charge on any atom is 0.313 e. The van der Waals surface area contributed by atoms with Gasteiger partial charge in [-0.1, -0.05) is 19.9 Å². The normalized spacial score (nSPS) is 19.9. The van der Waals surface area contributed by atoms with Crippen LogP contribution in [0.2, 0.25) is 0 Å². The van der Waals surface area contributed by atoms with E-state index in [-0.39, 0.29) is 17.9 Å². The van der Waals surface area contributed by atoms with Crippen LogP contribution in [0.3, 0.4) is 0 Å². The number of amides is 3. The summed E-state index contributed by atoms with van der Waals surface area (Å²) >= 11 is 0. The van der Waals surface area contributed by atoms with Crippen molar-refractivity contribution in [2.45, 2.75) is 45.7 Å². The lowest BCUT2D eigenvalue weighted by Crippen LogP contribution is -2.46. The van der Waals surface area contributed by atoms with Crippen molar-refractivity contribution in [1.82, 2.24) is 24.6 Å². The molecule has 3 aromatic rings. The number of likely N-dealkylation sites (tertiary alicyclic amines) is 1. The zero-order chi connectivity index (χ0) is 25.6. The smallest absolute Gasteiger partial charge is 0.313 e. The number of aryl methyl sites for hydroxylation is 1. The Labute approximate surface area is 209 Å². The Morgan fingerprint density at radius 2 is 2.00 bits per heavy atom. The number of carbonyl (C=O) groups is 3. The first-order chi connectivity index (χ1) is 17.3. The highest BCUT2D eigenvalue weighted by Crippen LogP contribution is 2.36. The zero-order valence-electron chi connectivity index (χ0n) is 20.8. The molecule has 2 aliphatic heterocycles. The summed E-state index contributed by atoms with van der Waals surface area (Å²) < 4.78 is 1.77. The topological polar surface area (TPSA) is 126 Å². The Morgan fingerprint density at radius 1 is 1.19 bits per heavy atom. The first-order valence-electron chi connectivity index (χ1n) is 12.4. The fraction of sp³-hybridized carbons (Fsp3) is 0.423. The summed E-state index contributed by atoms with van der Waals surface area (Å²) in [7, 11) is 1.79. The lowest BCUT2D eigenvalue weighted by Gasteiger charge is -2.38. The van der Waals surface area contributed by atoms with E-state index in [9.17, 15) is 14.4 Å². The molecule has 0 radical (unpaired) electrons. The standard InChI is InChI=1S/C26H31N7O3/c1-4-16-11-18(13-28-23(16)27)29-24(34)26(36)32-14-15(2)5-8-21(32)17-6-7-20-19(12-17)22-25(35)31(3)9-10-33(22)30-20/h6-7,11-13,15,21H,4-5,8-10,14H2,1-3H3,(H2,27,28)(H,29,34)/t15-,21?/m0/s1. The molecule has 1 fully saturated rings. The van der Waals surface area contributed by atoms with Gasteiger partial charge in [0.1, 0.15) is 11.5 Å². The molecule has 3 amide bonds. The molecule has 0 bridgehead atoms. The molecule has 2 atom stereocenters. The number of nitrogens with one attached hydrogen (secondary N) is 1. The summed E-state index contributed by atoms with van der Waals surface area (Å²) in [5.74, 6) is -0.674. The van der Waals surface area contributed by atoms with Crippen LogP contribution in [0.1, 0.15) is 54.3 Å². The van der Waals surface area contributed by atoms with Gasteiger partial charge in [0.25, 0.3) is 5.91 Å². The summed E-state index contributed by atoms with van der Waals surface area (Å²) in [5, 5.41) is 8.07. The number of anilines is 2. The molecule has 10 heteroatoms. The molecule has 5 rings (SSSR count). The number of hydrogen-bond donors (Lipinski definition) is 2. The van der Waals surface area contributed by atoms with Gasteiger partial charge in [-0.25, -0.2) is 4.98 Å². The van der Waals surface area contributed by atoms with Crippen LogP contribution >= 0.6 is 0 Å². The summed E-state index contributed by atoms with van der Waals surface area (Å²) in [6, 6.07) is 7.28. The maximum atomic E-state index is 13.4. The Bertz CT molecular complexity index is 1370. The highest BCUT2D eigenvalue weighted by atomic mass is 16.2. The number of piperidine rings is 1. The number of likely N-dealkylation sites (N-methyl/N-ethyl adjacent to an activating group) is 1. The average molecular weight is 490 g/mol. The van der Waals surface area contributed by atoms with Gasteiger partial charge in [0.15, 0.2) is 0 Å². The van der Waals surface area contributed by atoms with Crippen LogP contribution in [0.5, 0.6) is 0 Å². The second kappa shape index (κ2) is 9.25. The van der Waals surface area contributed by atoms with Crippen molar-refractivity contribution in [3.8, 4) is 0 Å². The van der Waals surface area contributed by atoms with E-state index >= 15 is 0 Å². The summed E-state index contributed by atoms with van der Waals surface area (Å²) in [6.45, 7) is 5.77. The molecular formula is C26H31N7O3. The fourth-order valence-electron chi connectivity index (χ4n) is 5.18. The lowest BCUT2D eigenvalue weighted by molar-refractivity contribution is -0.146. The summed E-state index contributed by atoms with van der Waals surface area (Å²) in [5.41, 5.74) is 9.34. The van der Waals surface area contributed by atoms with E-state index in [1.807, 2.05) is 25.1 Å². The van der Waals surface area contributed by atoms with Gasteiger partial charge >= 0.3 is 11.8 Å². The van der Waals surface area contributed by atoms with Crippen molar-refractivity contribution in [3.63, 3.8) is 0 Å². The number of pyridine rings is 1. The van der Waals surface area contributed by atoms with E-state index in [1.165, 1.54) is 6.20 Å². The number of nitrogens with zero attached hydrogens (tertiary/aromatic N) is 5. The number of hydrogen-bond acceptors (Lipinski definition) is 6. The molecule has 4 heterocycles. The molecule has 2 aromatic heterocycles. The number of nitrogen functional groups attached to an aromatic ring is 1. The second-order valence-electron chi connectivity index (χ2n) is 9.81. The predicted octanol–water partition coefficient (Wildman–Crippen LogP) is 2.60.